The Labute approximate surface area is 851 Å². The Balaban J connectivity index is 0.000000105. The van der Waals surface area contributed by atoms with E-state index in [-0.39, 0.29) is 0 Å². The average Bonchev–Trinajstić information content (AvgIpc) is 1.72. The Hall–Kier alpha value is -18.8. The standard InChI is InChI=1S/C52H32O.C48H28OS.C43H28O/c1-2-15-34(16-3-1)47-32-36(31-35-18-5-7-21-38(35)47)39-29-30-46(51-45-26-12-13-28-48(45)53-52(39)51)50-43-24-10-8-22-41(43)49(42-23-9-11-25-44(42)50)40-27-14-19-33-17-4-6-20-37(33)40;1-2-15-30-29(13-1)14-11-22-32(30)44-33-17-3-5-19-35(33)45(36-20-6-4-18-34(36)44)41-28-27-37(47-46(41)40-21-7-9-25-42(40)49-47)39-24-12-23-38-31-16-8-10-26-43(31)50-48(38)39;1-27-21-23-29(24-22-27)31-25-26-38(42-37-18-8-9-20-39(37)44-43(31)42)41-35-16-6-4-14-33(35)40(34-15-5-7-17-36(34)41)32-19-10-12-28-11-2-3-13-30(28)32/h1-32H;1-28H;2-26H,1H3. The Morgan fingerprint density at radius 3 is 0.796 bits per heavy atom. The number of hydrogen-bond acceptors (Lipinski definition) is 4. The van der Waals surface area contributed by atoms with Gasteiger partial charge < -0.3 is 13.3 Å². The van der Waals surface area contributed by atoms with Gasteiger partial charge in [-0.05, 0) is 258 Å². The predicted molar refractivity (Wildman–Crippen MR) is 628 cm³/mol. The van der Waals surface area contributed by atoms with Gasteiger partial charge in [0.25, 0.3) is 0 Å². The molecule has 31 aromatic rings. The van der Waals surface area contributed by atoms with Crippen LogP contribution in [-0.4, -0.2) is 0 Å². The van der Waals surface area contributed by atoms with Gasteiger partial charge in [0.1, 0.15) is 33.5 Å². The molecule has 0 atom stereocenters. The Kier molecular flexibility index (Phi) is 20.1. The molecule has 0 N–H and O–H groups in total. The molecule has 0 radical (unpaired) electrons. The van der Waals surface area contributed by atoms with Crippen molar-refractivity contribution < 1.29 is 13.3 Å². The highest BCUT2D eigenvalue weighted by molar-refractivity contribution is 7.26. The van der Waals surface area contributed by atoms with E-state index >= 15 is 0 Å². The van der Waals surface area contributed by atoms with Crippen LogP contribution in [0.4, 0.5) is 0 Å². The summed E-state index contributed by atoms with van der Waals surface area (Å²) in [6.07, 6.45) is 0. The molecular formula is C143H88O3S. The molecule has 4 heterocycles. The third kappa shape index (κ3) is 13.8. The molecule has 0 saturated heterocycles. The van der Waals surface area contributed by atoms with Gasteiger partial charge in [0, 0.05) is 74.7 Å². The number of hydrogen-bond donors (Lipinski definition) is 0. The second-order valence-corrected chi connectivity index (χ2v) is 39.8. The first-order valence-electron chi connectivity index (χ1n) is 50.6. The molecule has 0 spiro atoms. The first-order valence-corrected chi connectivity index (χ1v) is 51.4. The molecule has 27 aromatic carbocycles. The molecule has 684 valence electrons. The van der Waals surface area contributed by atoms with E-state index in [1.165, 1.54) is 217 Å². The van der Waals surface area contributed by atoms with Crippen LogP contribution in [0.1, 0.15) is 5.56 Å². The van der Waals surface area contributed by atoms with Crippen LogP contribution in [-0.2, 0) is 0 Å². The second-order valence-electron chi connectivity index (χ2n) is 38.8. The summed E-state index contributed by atoms with van der Waals surface area (Å²) in [6.45, 7) is 2.13. The van der Waals surface area contributed by atoms with E-state index in [1.54, 1.807) is 0 Å². The molecule has 0 aliphatic rings. The lowest BCUT2D eigenvalue weighted by Gasteiger charge is -2.19. The maximum Gasteiger partial charge on any atom is 0.143 e. The number of benzene rings is 27. The molecule has 0 amide bonds. The van der Waals surface area contributed by atoms with Crippen LogP contribution in [0.3, 0.4) is 0 Å². The van der Waals surface area contributed by atoms with Gasteiger partial charge in [-0.15, -0.1) is 11.3 Å². The fraction of sp³-hybridized carbons (Fsp3) is 0.00699. The molecule has 4 heteroatoms. The Morgan fingerprint density at radius 2 is 0.408 bits per heavy atom. The summed E-state index contributed by atoms with van der Waals surface area (Å²) < 4.78 is 23.1. The third-order valence-electron chi connectivity index (χ3n) is 30.7. The molecule has 4 aromatic heterocycles. The van der Waals surface area contributed by atoms with Crippen LogP contribution < -0.4 is 0 Å². The molecule has 31 rings (SSSR count). The van der Waals surface area contributed by atoms with E-state index in [0.29, 0.717) is 0 Å². The maximum absolute atomic E-state index is 6.92. The predicted octanol–water partition coefficient (Wildman–Crippen LogP) is 41.6. The normalized spacial score (nSPS) is 11.8. The smallest absolute Gasteiger partial charge is 0.143 e. The van der Waals surface area contributed by atoms with E-state index in [9.17, 15) is 0 Å². The molecule has 3 nitrogen and oxygen atoms in total. The fourth-order valence-electron chi connectivity index (χ4n) is 24.2. The monoisotopic (exact) mass is 1880 g/mol. The lowest BCUT2D eigenvalue weighted by atomic mass is 9.83. The second kappa shape index (κ2) is 34.8. The zero-order chi connectivity index (χ0) is 96.8. The highest BCUT2D eigenvalue weighted by atomic mass is 32.1. The number of rotatable bonds is 10. The van der Waals surface area contributed by atoms with Crippen LogP contribution in [0.2, 0.25) is 0 Å². The van der Waals surface area contributed by atoms with Crippen LogP contribution in [0.25, 0.3) is 305 Å². The van der Waals surface area contributed by atoms with Crippen LogP contribution >= 0.6 is 11.3 Å². The molecule has 0 fully saturated rings. The van der Waals surface area contributed by atoms with Crippen molar-refractivity contribution in [3.8, 4) is 111 Å². The van der Waals surface area contributed by atoms with Crippen molar-refractivity contribution in [3.63, 3.8) is 0 Å². The van der Waals surface area contributed by atoms with Gasteiger partial charge in [-0.25, -0.2) is 0 Å². The topological polar surface area (TPSA) is 39.4 Å². The lowest BCUT2D eigenvalue weighted by Crippen LogP contribution is -1.92. The van der Waals surface area contributed by atoms with Gasteiger partial charge in [0.2, 0.25) is 0 Å². The van der Waals surface area contributed by atoms with Gasteiger partial charge >= 0.3 is 0 Å². The molecule has 0 saturated carbocycles. The van der Waals surface area contributed by atoms with Crippen LogP contribution in [0, 0.1) is 6.92 Å². The van der Waals surface area contributed by atoms with Crippen LogP contribution in [0.5, 0.6) is 0 Å². The molecule has 0 aliphatic carbocycles. The summed E-state index contributed by atoms with van der Waals surface area (Å²) in [5.41, 5.74) is 30.8. The minimum atomic E-state index is 0.890. The summed E-state index contributed by atoms with van der Waals surface area (Å²) in [4.78, 5) is 0. The Bertz CT molecular complexity index is 10700. The van der Waals surface area contributed by atoms with Crippen molar-refractivity contribution >= 4 is 205 Å². The number of fused-ring (bicyclic) bond motifs is 22. The summed E-state index contributed by atoms with van der Waals surface area (Å²) in [5.74, 6) is 0. The number of para-hydroxylation sites is 3. The number of aryl methyl sites for hydroxylation is 1. The largest absolute Gasteiger partial charge is 0.455 e. The highest BCUT2D eigenvalue weighted by Crippen LogP contribution is 2.57. The van der Waals surface area contributed by atoms with Crippen molar-refractivity contribution in [3.05, 3.63) is 521 Å². The van der Waals surface area contributed by atoms with Crippen molar-refractivity contribution in [2.24, 2.45) is 0 Å². The summed E-state index contributed by atoms with van der Waals surface area (Å²) >= 11 is 1.86. The lowest BCUT2D eigenvalue weighted by molar-refractivity contribution is 0.669. The average molecular weight is 1890 g/mol. The number of furan rings is 3. The van der Waals surface area contributed by atoms with E-state index in [0.717, 1.165) is 93.6 Å². The zero-order valence-corrected chi connectivity index (χ0v) is 81.0. The van der Waals surface area contributed by atoms with E-state index in [1.807, 2.05) is 11.3 Å². The maximum atomic E-state index is 6.92. The van der Waals surface area contributed by atoms with Crippen molar-refractivity contribution in [1.82, 2.24) is 0 Å². The van der Waals surface area contributed by atoms with Crippen molar-refractivity contribution in [2.75, 3.05) is 0 Å². The van der Waals surface area contributed by atoms with Gasteiger partial charge in [0.05, 0.1) is 0 Å². The van der Waals surface area contributed by atoms with E-state index in [2.05, 4.69) is 523 Å². The molecule has 0 aliphatic heterocycles. The minimum Gasteiger partial charge on any atom is -0.455 e. The molecular weight excluding hydrogens is 1800 g/mol. The quantitative estimate of drug-likeness (QED) is 0.128. The van der Waals surface area contributed by atoms with Gasteiger partial charge in [0.15, 0.2) is 0 Å². The molecule has 0 bridgehead atoms. The fourth-order valence-corrected chi connectivity index (χ4v) is 25.5. The van der Waals surface area contributed by atoms with Crippen molar-refractivity contribution in [2.45, 2.75) is 6.92 Å². The minimum absolute atomic E-state index is 0.890. The first-order chi connectivity index (χ1) is 72.9. The molecule has 147 heavy (non-hydrogen) atoms. The van der Waals surface area contributed by atoms with Crippen molar-refractivity contribution in [1.29, 1.82) is 0 Å². The SMILES string of the molecule is Cc1ccc(-c2ccc(-c3c4ccccc4c(-c4cccc5ccccc45)c4ccccc34)c3c2oc2ccccc23)cc1.c1ccc(-c2cc(-c3ccc(-c4c5ccccc5c(-c5cccc6ccccc56)c5ccccc45)c4c3oc3ccccc34)cc3ccccc23)cc1.c1ccc2c(-c3c4ccccc4c(-c4ccc(-c5cccc6c5sc5ccccc56)c5oc6ccccc6c45)c4ccccc34)cccc2c1. The highest BCUT2D eigenvalue weighted by Gasteiger charge is 2.30. The van der Waals surface area contributed by atoms with Gasteiger partial charge in [-0.2, -0.15) is 0 Å². The van der Waals surface area contributed by atoms with Gasteiger partial charge in [-0.3, -0.25) is 0 Å². The van der Waals surface area contributed by atoms with E-state index in [4.69, 9.17) is 13.3 Å². The summed E-state index contributed by atoms with van der Waals surface area (Å²) in [7, 11) is 0. The van der Waals surface area contributed by atoms with Gasteiger partial charge in [-0.1, -0.05) is 467 Å². The van der Waals surface area contributed by atoms with E-state index < -0.39 is 0 Å². The zero-order valence-electron chi connectivity index (χ0n) is 80.2. The molecule has 0 unspecified atom stereocenters. The third-order valence-corrected chi connectivity index (χ3v) is 31.9. The number of thiophene rings is 1. The Morgan fingerprint density at radius 1 is 0.150 bits per heavy atom. The first kappa shape index (κ1) is 85.0. The summed E-state index contributed by atoms with van der Waals surface area (Å²) in [6, 6.07) is 187. The van der Waals surface area contributed by atoms with Crippen LogP contribution in [0.15, 0.2) is 529 Å². The summed E-state index contributed by atoms with van der Waals surface area (Å²) in [5, 5.41) is 34.3.